The van der Waals surface area contributed by atoms with Crippen LogP contribution in [0, 0.1) is 0 Å². The average molecular weight is 203 g/mol. The van der Waals surface area contributed by atoms with Crippen molar-refractivity contribution in [2.24, 2.45) is 0 Å². The number of hydrogen-bond acceptors (Lipinski definition) is 0. The molecule has 0 fully saturated rings. The molecule has 0 aliphatic carbocycles. The van der Waals surface area contributed by atoms with Crippen LogP contribution in [0.2, 0.25) is 0 Å². The van der Waals surface area contributed by atoms with Crippen molar-refractivity contribution in [2.45, 2.75) is 24.1 Å². The Morgan fingerprint density at radius 3 is 2.25 bits per heavy atom. The summed E-state index contributed by atoms with van der Waals surface area (Å²) in [6.45, 7) is 2.07. The number of benzene rings is 1. The highest BCUT2D eigenvalue weighted by atomic mass is 35.5. The molecule has 0 spiro atoms. The summed E-state index contributed by atoms with van der Waals surface area (Å²) >= 11 is 12.3. The predicted molar refractivity (Wildman–Crippen MR) is 54.7 cm³/mol. The van der Waals surface area contributed by atoms with Gasteiger partial charge in [-0.25, -0.2) is 0 Å². The van der Waals surface area contributed by atoms with Gasteiger partial charge in [0.25, 0.3) is 0 Å². The Bertz CT molecular complexity index is 229. The van der Waals surface area contributed by atoms with Gasteiger partial charge in [0.05, 0.1) is 0 Å². The van der Waals surface area contributed by atoms with E-state index < -0.39 is 4.33 Å². The molecule has 1 rings (SSSR count). The summed E-state index contributed by atoms with van der Waals surface area (Å²) < 4.78 is -0.712. The summed E-state index contributed by atoms with van der Waals surface area (Å²) in [4.78, 5) is 0. The van der Waals surface area contributed by atoms with Gasteiger partial charge in [-0.15, -0.1) is 0 Å². The normalized spacial score (nSPS) is 11.6. The van der Waals surface area contributed by atoms with Gasteiger partial charge in [0.1, 0.15) is 4.33 Å². The van der Waals surface area contributed by atoms with Crippen LogP contribution in [0.4, 0.5) is 0 Å². The van der Waals surface area contributed by atoms with E-state index in [1.807, 2.05) is 30.3 Å². The van der Waals surface area contributed by atoms with Gasteiger partial charge in [-0.3, -0.25) is 0 Å². The lowest BCUT2D eigenvalue weighted by molar-refractivity contribution is 0.714. The van der Waals surface area contributed by atoms with Crippen LogP contribution in [-0.2, 0) is 4.33 Å². The van der Waals surface area contributed by atoms with Crippen LogP contribution in [-0.4, -0.2) is 0 Å². The van der Waals surface area contributed by atoms with Crippen LogP contribution in [0.15, 0.2) is 30.3 Å². The fourth-order valence-corrected chi connectivity index (χ4v) is 1.77. The topological polar surface area (TPSA) is 0 Å². The third kappa shape index (κ3) is 2.40. The minimum Gasteiger partial charge on any atom is -0.0963 e. The molecule has 1 aromatic carbocycles. The van der Waals surface area contributed by atoms with Gasteiger partial charge in [0.2, 0.25) is 0 Å². The average Bonchev–Trinajstić information content (AvgIpc) is 2.06. The minimum atomic E-state index is -0.712. The maximum Gasteiger partial charge on any atom is 0.143 e. The maximum absolute atomic E-state index is 6.13. The van der Waals surface area contributed by atoms with Gasteiger partial charge in [-0.05, 0) is 12.0 Å². The molecule has 0 nitrogen and oxygen atoms in total. The quantitative estimate of drug-likeness (QED) is 0.648. The Hall–Kier alpha value is -0.200. The second-order valence-electron chi connectivity index (χ2n) is 2.82. The zero-order valence-corrected chi connectivity index (χ0v) is 8.57. The minimum absolute atomic E-state index is 0.712. The van der Waals surface area contributed by atoms with Gasteiger partial charge >= 0.3 is 0 Å². The van der Waals surface area contributed by atoms with Crippen molar-refractivity contribution < 1.29 is 0 Å². The molecule has 0 heterocycles. The largest absolute Gasteiger partial charge is 0.143 e. The van der Waals surface area contributed by atoms with E-state index in [0.717, 1.165) is 18.4 Å². The zero-order chi connectivity index (χ0) is 9.03. The van der Waals surface area contributed by atoms with Gasteiger partial charge in [0.15, 0.2) is 0 Å². The van der Waals surface area contributed by atoms with Crippen LogP contribution in [0.1, 0.15) is 25.3 Å². The maximum atomic E-state index is 6.13. The number of rotatable bonds is 3. The number of halogens is 2. The van der Waals surface area contributed by atoms with Crippen molar-refractivity contribution in [1.82, 2.24) is 0 Å². The molecule has 0 atom stereocenters. The summed E-state index contributed by atoms with van der Waals surface area (Å²) in [6.07, 6.45) is 1.78. The SMILES string of the molecule is CCCC(Cl)(Cl)c1ccccc1. The first-order valence-corrected chi connectivity index (χ1v) is 4.86. The molecule has 1 aromatic rings. The lowest BCUT2D eigenvalue weighted by Crippen LogP contribution is -2.08. The van der Waals surface area contributed by atoms with E-state index in [-0.39, 0.29) is 0 Å². The predicted octanol–water partition coefficient (Wildman–Crippen LogP) is 4.12. The summed E-state index contributed by atoms with van der Waals surface area (Å²) in [6, 6.07) is 9.76. The van der Waals surface area contributed by atoms with Crippen LogP contribution in [0.5, 0.6) is 0 Å². The van der Waals surface area contributed by atoms with Crippen LogP contribution in [0.3, 0.4) is 0 Å². The fraction of sp³-hybridized carbons (Fsp3) is 0.400. The third-order valence-corrected chi connectivity index (χ3v) is 2.57. The van der Waals surface area contributed by atoms with E-state index in [1.165, 1.54) is 0 Å². The van der Waals surface area contributed by atoms with E-state index in [4.69, 9.17) is 23.2 Å². The second-order valence-corrected chi connectivity index (χ2v) is 4.30. The third-order valence-electron chi connectivity index (χ3n) is 1.76. The smallest absolute Gasteiger partial charge is 0.0963 e. The molecule has 0 amide bonds. The van der Waals surface area contributed by atoms with E-state index in [1.54, 1.807) is 0 Å². The molecule has 0 unspecified atom stereocenters. The summed E-state index contributed by atoms with van der Waals surface area (Å²) in [5.41, 5.74) is 0.982. The highest BCUT2D eigenvalue weighted by Gasteiger charge is 2.24. The first-order valence-electron chi connectivity index (χ1n) is 4.10. The molecule has 66 valence electrons. The highest BCUT2D eigenvalue weighted by molar-refractivity contribution is 6.47. The number of hydrogen-bond donors (Lipinski definition) is 0. The van der Waals surface area contributed by atoms with E-state index in [0.29, 0.717) is 0 Å². The fourth-order valence-electron chi connectivity index (χ4n) is 1.14. The molecule has 0 saturated heterocycles. The second kappa shape index (κ2) is 4.15. The Morgan fingerprint density at radius 2 is 1.75 bits per heavy atom. The van der Waals surface area contributed by atoms with Crippen LogP contribution >= 0.6 is 23.2 Å². The van der Waals surface area contributed by atoms with Gasteiger partial charge < -0.3 is 0 Å². The standard InChI is InChI=1S/C10H12Cl2/c1-2-8-10(11,12)9-6-4-3-5-7-9/h3-7H,2,8H2,1H3. The summed E-state index contributed by atoms with van der Waals surface area (Å²) in [7, 11) is 0. The van der Waals surface area contributed by atoms with Gasteiger partial charge in [-0.2, -0.15) is 0 Å². The molecule has 0 aromatic heterocycles. The van der Waals surface area contributed by atoms with Gasteiger partial charge in [-0.1, -0.05) is 66.9 Å². The van der Waals surface area contributed by atoms with Crippen molar-refractivity contribution in [3.8, 4) is 0 Å². The van der Waals surface area contributed by atoms with Crippen LogP contribution in [0.25, 0.3) is 0 Å². The summed E-state index contributed by atoms with van der Waals surface area (Å²) in [5.74, 6) is 0. The lowest BCUT2D eigenvalue weighted by Gasteiger charge is -2.18. The van der Waals surface area contributed by atoms with Gasteiger partial charge in [0, 0.05) is 0 Å². The molecule has 2 heteroatoms. The van der Waals surface area contributed by atoms with Crippen molar-refractivity contribution in [3.63, 3.8) is 0 Å². The molecule has 0 aliphatic rings. The summed E-state index contributed by atoms with van der Waals surface area (Å²) in [5, 5.41) is 0. The molecule has 0 N–H and O–H groups in total. The molecule has 0 aliphatic heterocycles. The Labute approximate surface area is 83.5 Å². The first kappa shape index (κ1) is 9.88. The highest BCUT2D eigenvalue weighted by Crippen LogP contribution is 2.37. The molecular weight excluding hydrogens is 191 g/mol. The lowest BCUT2D eigenvalue weighted by atomic mass is 10.1. The monoisotopic (exact) mass is 202 g/mol. The van der Waals surface area contributed by atoms with E-state index >= 15 is 0 Å². The molecule has 0 radical (unpaired) electrons. The Kier molecular flexibility index (Phi) is 3.42. The molecule has 0 bridgehead atoms. The zero-order valence-electron chi connectivity index (χ0n) is 7.06. The Morgan fingerprint density at radius 1 is 1.17 bits per heavy atom. The van der Waals surface area contributed by atoms with Crippen molar-refractivity contribution in [2.75, 3.05) is 0 Å². The number of alkyl halides is 2. The molecule has 0 saturated carbocycles. The van der Waals surface area contributed by atoms with Crippen molar-refractivity contribution in [1.29, 1.82) is 0 Å². The molecular formula is C10H12Cl2. The molecule has 12 heavy (non-hydrogen) atoms. The van der Waals surface area contributed by atoms with E-state index in [2.05, 4.69) is 6.92 Å². The van der Waals surface area contributed by atoms with Crippen molar-refractivity contribution >= 4 is 23.2 Å². The van der Waals surface area contributed by atoms with Crippen molar-refractivity contribution in [3.05, 3.63) is 35.9 Å². The van der Waals surface area contributed by atoms with E-state index in [9.17, 15) is 0 Å². The van der Waals surface area contributed by atoms with Crippen LogP contribution < -0.4 is 0 Å². The Balaban J connectivity index is 2.82. The first-order chi connectivity index (χ1) is 5.67.